The molecule has 25 heavy (non-hydrogen) atoms. The molecule has 2 heterocycles. The predicted octanol–water partition coefficient (Wildman–Crippen LogP) is 2.93. The minimum atomic E-state index is -0.488. The summed E-state index contributed by atoms with van der Waals surface area (Å²) in [4.78, 5) is 29.9. The van der Waals surface area contributed by atoms with Gasteiger partial charge >= 0.3 is 5.97 Å². The van der Waals surface area contributed by atoms with Crippen molar-refractivity contribution in [3.63, 3.8) is 0 Å². The molecule has 6 nitrogen and oxygen atoms in total. The number of fused-ring (bicyclic) bond motifs is 1. The first-order chi connectivity index (χ1) is 12.0. The molecule has 0 unspecified atom stereocenters. The van der Waals surface area contributed by atoms with Crippen molar-refractivity contribution in [2.75, 3.05) is 32.1 Å². The van der Waals surface area contributed by atoms with Crippen LogP contribution in [0.25, 0.3) is 10.9 Å². The molecule has 1 saturated heterocycles. The van der Waals surface area contributed by atoms with Crippen molar-refractivity contribution < 1.29 is 14.3 Å². The van der Waals surface area contributed by atoms with Crippen LogP contribution in [0.3, 0.4) is 0 Å². The van der Waals surface area contributed by atoms with Gasteiger partial charge in [0.05, 0.1) is 19.3 Å². The second-order valence-electron chi connectivity index (χ2n) is 6.87. The molecule has 0 atom stereocenters. The molecule has 1 fully saturated rings. The summed E-state index contributed by atoms with van der Waals surface area (Å²) in [5, 5.41) is 3.79. The zero-order chi connectivity index (χ0) is 18.0. The zero-order valence-corrected chi connectivity index (χ0v) is 15.0. The molecule has 0 radical (unpaired) electrons. The fourth-order valence-electron chi connectivity index (χ4n) is 3.41. The summed E-state index contributed by atoms with van der Waals surface area (Å²) in [6.07, 6.45) is 2.24. The van der Waals surface area contributed by atoms with E-state index in [2.05, 4.69) is 22.1 Å². The number of esters is 1. The molecule has 3 rings (SSSR count). The lowest BCUT2D eigenvalue weighted by molar-refractivity contribution is -0.117. The minimum Gasteiger partial charge on any atom is -0.464 e. The van der Waals surface area contributed by atoms with Crippen molar-refractivity contribution in [3.8, 4) is 0 Å². The third-order valence-corrected chi connectivity index (χ3v) is 4.93. The number of benzene rings is 1. The van der Waals surface area contributed by atoms with E-state index in [9.17, 15) is 9.59 Å². The Balaban J connectivity index is 1.84. The first kappa shape index (κ1) is 17.5. The van der Waals surface area contributed by atoms with E-state index in [4.69, 9.17) is 4.74 Å². The van der Waals surface area contributed by atoms with Gasteiger partial charge in [0.25, 0.3) is 0 Å². The number of aryl methyl sites for hydroxylation is 1. The summed E-state index contributed by atoms with van der Waals surface area (Å²) in [5.41, 5.74) is 2.59. The number of rotatable bonds is 4. The number of aromatic nitrogens is 1. The first-order valence-corrected chi connectivity index (χ1v) is 8.71. The largest absolute Gasteiger partial charge is 0.464 e. The van der Waals surface area contributed by atoms with Gasteiger partial charge in [-0.1, -0.05) is 19.1 Å². The number of aromatic amines is 1. The van der Waals surface area contributed by atoms with Crippen LogP contribution in [-0.4, -0.2) is 48.5 Å². The van der Waals surface area contributed by atoms with Crippen LogP contribution in [0, 0.1) is 12.8 Å². The number of H-pyrrole nitrogens is 1. The molecule has 1 amide bonds. The number of carbonyl (C=O) groups excluding carboxylic acids is 2. The monoisotopic (exact) mass is 343 g/mol. The maximum Gasteiger partial charge on any atom is 0.356 e. The van der Waals surface area contributed by atoms with Crippen LogP contribution in [0.2, 0.25) is 0 Å². The lowest BCUT2D eigenvalue weighted by atomic mass is 9.99. The number of hydrogen-bond donors (Lipinski definition) is 2. The Hall–Kier alpha value is -2.34. The number of carbonyl (C=O) groups is 2. The Bertz CT molecular complexity index is 789. The number of nitrogens with one attached hydrogen (secondary N) is 2. The Kier molecular flexibility index (Phi) is 5.08. The molecule has 1 aromatic heterocycles. The minimum absolute atomic E-state index is 0.108. The molecule has 1 aliphatic heterocycles. The van der Waals surface area contributed by atoms with E-state index < -0.39 is 5.97 Å². The highest BCUT2D eigenvalue weighted by Gasteiger charge is 2.23. The predicted molar refractivity (Wildman–Crippen MR) is 97.8 cm³/mol. The van der Waals surface area contributed by atoms with Crippen molar-refractivity contribution in [2.24, 2.45) is 5.92 Å². The molecule has 1 aliphatic rings. The molecule has 6 heteroatoms. The Morgan fingerprint density at radius 3 is 2.72 bits per heavy atom. The number of amides is 1. The van der Waals surface area contributed by atoms with Crippen molar-refractivity contribution in [2.45, 2.75) is 26.7 Å². The van der Waals surface area contributed by atoms with Gasteiger partial charge in [0.1, 0.15) is 5.69 Å². The average molecular weight is 343 g/mol. The second-order valence-corrected chi connectivity index (χ2v) is 6.87. The van der Waals surface area contributed by atoms with Crippen molar-refractivity contribution in [1.82, 2.24) is 9.88 Å². The highest BCUT2D eigenvalue weighted by molar-refractivity contribution is 6.12. The molecule has 2 aromatic rings. The van der Waals surface area contributed by atoms with Crippen LogP contribution in [0.1, 0.15) is 35.8 Å². The normalized spacial score (nSPS) is 16.1. The number of methoxy groups -OCH3 is 1. The van der Waals surface area contributed by atoms with Gasteiger partial charge in [-0.25, -0.2) is 4.79 Å². The van der Waals surface area contributed by atoms with Crippen molar-refractivity contribution in [3.05, 3.63) is 29.5 Å². The van der Waals surface area contributed by atoms with Crippen LogP contribution in [0.5, 0.6) is 0 Å². The SMILES string of the molecule is COC(=O)c1[nH]c2cccc(C)c2c1NC(=O)CN1CCC(C)CC1. The molecule has 0 spiro atoms. The van der Waals surface area contributed by atoms with E-state index in [0.29, 0.717) is 12.2 Å². The lowest BCUT2D eigenvalue weighted by Gasteiger charge is -2.29. The van der Waals surface area contributed by atoms with Crippen LogP contribution in [-0.2, 0) is 9.53 Å². The first-order valence-electron chi connectivity index (χ1n) is 8.71. The number of anilines is 1. The molecular weight excluding hydrogens is 318 g/mol. The standard InChI is InChI=1S/C19H25N3O3/c1-12-7-9-22(10-8-12)11-15(23)21-17-16-13(2)5-4-6-14(16)20-18(17)19(24)25-3/h4-6,12,20H,7-11H2,1-3H3,(H,21,23). The Morgan fingerprint density at radius 1 is 1.32 bits per heavy atom. The van der Waals surface area contributed by atoms with Gasteiger partial charge in [0, 0.05) is 10.9 Å². The van der Waals surface area contributed by atoms with Crippen LogP contribution >= 0.6 is 0 Å². The van der Waals surface area contributed by atoms with Gasteiger partial charge in [0.2, 0.25) is 5.91 Å². The maximum absolute atomic E-state index is 12.6. The Labute approximate surface area is 147 Å². The quantitative estimate of drug-likeness (QED) is 0.837. The van der Waals surface area contributed by atoms with Gasteiger partial charge in [-0.05, 0) is 50.4 Å². The fraction of sp³-hybridized carbons (Fsp3) is 0.474. The molecule has 2 N–H and O–H groups in total. The highest BCUT2D eigenvalue weighted by Crippen LogP contribution is 2.31. The number of ether oxygens (including phenoxy) is 1. The Morgan fingerprint density at radius 2 is 2.04 bits per heavy atom. The molecular formula is C19H25N3O3. The van der Waals surface area contributed by atoms with Gasteiger partial charge in [0.15, 0.2) is 0 Å². The molecule has 134 valence electrons. The zero-order valence-electron chi connectivity index (χ0n) is 15.0. The molecule has 0 bridgehead atoms. The smallest absolute Gasteiger partial charge is 0.356 e. The van der Waals surface area contributed by atoms with E-state index in [0.717, 1.165) is 48.3 Å². The summed E-state index contributed by atoms with van der Waals surface area (Å²) in [6.45, 7) is 6.41. The summed E-state index contributed by atoms with van der Waals surface area (Å²) in [7, 11) is 1.33. The third-order valence-electron chi connectivity index (χ3n) is 4.93. The van der Waals surface area contributed by atoms with Crippen molar-refractivity contribution in [1.29, 1.82) is 0 Å². The van der Waals surface area contributed by atoms with Crippen LogP contribution in [0.15, 0.2) is 18.2 Å². The van der Waals surface area contributed by atoms with Gasteiger partial charge in [-0.2, -0.15) is 0 Å². The van der Waals surface area contributed by atoms with Gasteiger partial charge < -0.3 is 15.0 Å². The van der Waals surface area contributed by atoms with E-state index >= 15 is 0 Å². The summed E-state index contributed by atoms with van der Waals surface area (Å²) >= 11 is 0. The van der Waals surface area contributed by atoms with Crippen molar-refractivity contribution >= 4 is 28.5 Å². The second kappa shape index (κ2) is 7.27. The average Bonchev–Trinajstić information content (AvgIpc) is 2.96. The molecule has 1 aromatic carbocycles. The fourth-order valence-corrected chi connectivity index (χ4v) is 3.41. The summed E-state index contributed by atoms with van der Waals surface area (Å²) in [6, 6.07) is 5.76. The van der Waals surface area contributed by atoms with Crippen LogP contribution < -0.4 is 5.32 Å². The van der Waals surface area contributed by atoms with E-state index in [1.165, 1.54) is 7.11 Å². The van der Waals surface area contributed by atoms with Crippen LogP contribution in [0.4, 0.5) is 5.69 Å². The van der Waals surface area contributed by atoms with Gasteiger partial charge in [-0.3, -0.25) is 9.69 Å². The lowest BCUT2D eigenvalue weighted by Crippen LogP contribution is -2.38. The van der Waals surface area contributed by atoms with E-state index in [1.807, 2.05) is 25.1 Å². The van der Waals surface area contributed by atoms with E-state index in [1.54, 1.807) is 0 Å². The topological polar surface area (TPSA) is 74.4 Å². The maximum atomic E-state index is 12.6. The number of piperidine rings is 1. The number of likely N-dealkylation sites (tertiary alicyclic amines) is 1. The summed E-state index contributed by atoms with van der Waals surface area (Å²) < 4.78 is 4.86. The number of nitrogens with zero attached hydrogens (tertiary/aromatic N) is 1. The molecule has 0 saturated carbocycles. The highest BCUT2D eigenvalue weighted by atomic mass is 16.5. The summed E-state index contributed by atoms with van der Waals surface area (Å²) in [5.74, 6) is 0.128. The van der Waals surface area contributed by atoms with Gasteiger partial charge in [-0.15, -0.1) is 0 Å². The number of hydrogen-bond acceptors (Lipinski definition) is 4. The molecule has 0 aliphatic carbocycles. The van der Waals surface area contributed by atoms with E-state index in [-0.39, 0.29) is 11.6 Å². The third kappa shape index (κ3) is 3.69.